The Morgan fingerprint density at radius 1 is 1.10 bits per heavy atom. The Hall–Kier alpha value is -1.79. The number of carbonyl (C=O) groups excluding carboxylic acids is 2. The van der Waals surface area contributed by atoms with E-state index in [0.29, 0.717) is 6.42 Å². The van der Waals surface area contributed by atoms with E-state index in [-0.39, 0.29) is 5.96 Å². The first-order valence-corrected chi connectivity index (χ1v) is 6.78. The second kappa shape index (κ2) is 7.28. The van der Waals surface area contributed by atoms with Gasteiger partial charge in [0, 0.05) is 0 Å². The third kappa shape index (κ3) is 8.88. The Balaban J connectivity index is 5.02. The van der Waals surface area contributed by atoms with E-state index >= 15 is 0 Å². The zero-order valence-electron chi connectivity index (χ0n) is 13.9. The molecule has 0 saturated carbocycles. The molecule has 0 bridgehead atoms. The van der Waals surface area contributed by atoms with Crippen LogP contribution in [0.3, 0.4) is 0 Å². The molecule has 121 valence electrons. The number of rotatable bonds is 2. The van der Waals surface area contributed by atoms with Gasteiger partial charge in [0.05, 0.1) is 6.54 Å². The molecule has 7 nitrogen and oxygen atoms in total. The average molecular weight is 300 g/mol. The van der Waals surface area contributed by atoms with Gasteiger partial charge in [-0.1, -0.05) is 6.92 Å². The Labute approximate surface area is 126 Å². The van der Waals surface area contributed by atoms with Crippen LogP contribution in [0.1, 0.15) is 54.9 Å². The summed E-state index contributed by atoms with van der Waals surface area (Å²) in [5, 5.41) is 0. The SMILES string of the molecule is CC[CH]N(C(=O)OC(C)(C)C)/C(N)=N/C(=O)OC(C)(C)C. The van der Waals surface area contributed by atoms with E-state index in [4.69, 9.17) is 15.2 Å². The zero-order chi connectivity index (χ0) is 16.8. The quantitative estimate of drug-likeness (QED) is 0.624. The van der Waals surface area contributed by atoms with Crippen molar-refractivity contribution in [2.75, 3.05) is 0 Å². The fourth-order valence-corrected chi connectivity index (χ4v) is 1.19. The largest absolute Gasteiger partial charge is 0.443 e. The lowest BCUT2D eigenvalue weighted by Crippen LogP contribution is -2.43. The number of ether oxygens (including phenoxy) is 2. The van der Waals surface area contributed by atoms with Gasteiger partial charge in [-0.2, -0.15) is 0 Å². The van der Waals surface area contributed by atoms with Crippen LogP contribution in [0, 0.1) is 6.54 Å². The Kier molecular flexibility index (Phi) is 6.66. The summed E-state index contributed by atoms with van der Waals surface area (Å²) in [6, 6.07) is 0. The van der Waals surface area contributed by atoms with Gasteiger partial charge < -0.3 is 15.2 Å². The Morgan fingerprint density at radius 2 is 1.57 bits per heavy atom. The smallest absolute Gasteiger partial charge is 0.437 e. The van der Waals surface area contributed by atoms with Crippen molar-refractivity contribution in [3.05, 3.63) is 6.54 Å². The first kappa shape index (κ1) is 19.2. The predicted octanol–water partition coefficient (Wildman–Crippen LogP) is 3.05. The molecular weight excluding hydrogens is 274 g/mol. The van der Waals surface area contributed by atoms with Crippen LogP contribution in [0.2, 0.25) is 0 Å². The number of nitrogens with two attached hydrogens (primary N) is 1. The molecule has 0 rings (SSSR count). The minimum absolute atomic E-state index is 0.291. The van der Waals surface area contributed by atoms with E-state index in [2.05, 4.69) is 4.99 Å². The van der Waals surface area contributed by atoms with Gasteiger partial charge in [0.15, 0.2) is 0 Å². The van der Waals surface area contributed by atoms with Crippen molar-refractivity contribution in [1.29, 1.82) is 0 Å². The molecule has 0 spiro atoms. The number of amides is 2. The minimum Gasteiger partial charge on any atom is -0.443 e. The summed E-state index contributed by atoms with van der Waals surface area (Å²) in [5.41, 5.74) is 4.32. The molecular formula is C14H26N3O4. The molecule has 0 fully saturated rings. The molecule has 0 heterocycles. The molecule has 0 aliphatic rings. The topological polar surface area (TPSA) is 94.2 Å². The van der Waals surface area contributed by atoms with Crippen LogP contribution in [0.4, 0.5) is 9.59 Å². The van der Waals surface area contributed by atoms with Crippen molar-refractivity contribution >= 4 is 18.1 Å². The summed E-state index contributed by atoms with van der Waals surface area (Å²) in [5.74, 6) is -0.291. The highest BCUT2D eigenvalue weighted by Gasteiger charge is 2.25. The molecule has 0 aromatic heterocycles. The highest BCUT2D eigenvalue weighted by molar-refractivity contribution is 5.98. The lowest BCUT2D eigenvalue weighted by Gasteiger charge is -2.26. The lowest BCUT2D eigenvalue weighted by atomic mass is 10.2. The van der Waals surface area contributed by atoms with Gasteiger partial charge in [0.25, 0.3) is 0 Å². The molecule has 7 heteroatoms. The lowest BCUT2D eigenvalue weighted by molar-refractivity contribution is 0.0400. The van der Waals surface area contributed by atoms with Crippen molar-refractivity contribution in [1.82, 2.24) is 4.90 Å². The zero-order valence-corrected chi connectivity index (χ0v) is 13.9. The van der Waals surface area contributed by atoms with Gasteiger partial charge in [0.2, 0.25) is 5.96 Å². The van der Waals surface area contributed by atoms with Crippen molar-refractivity contribution in [2.24, 2.45) is 10.7 Å². The summed E-state index contributed by atoms with van der Waals surface area (Å²) >= 11 is 0. The molecule has 0 aliphatic carbocycles. The van der Waals surface area contributed by atoms with Crippen molar-refractivity contribution in [2.45, 2.75) is 66.1 Å². The first-order valence-electron chi connectivity index (χ1n) is 6.78. The average Bonchev–Trinajstić information content (AvgIpc) is 2.19. The summed E-state index contributed by atoms with van der Waals surface area (Å²) in [6.45, 7) is 13.6. The van der Waals surface area contributed by atoms with E-state index in [1.165, 1.54) is 6.54 Å². The van der Waals surface area contributed by atoms with Gasteiger partial charge in [-0.3, -0.25) is 0 Å². The van der Waals surface area contributed by atoms with Crippen LogP contribution in [0.25, 0.3) is 0 Å². The number of hydrogen-bond donors (Lipinski definition) is 1. The fourth-order valence-electron chi connectivity index (χ4n) is 1.19. The van der Waals surface area contributed by atoms with Crippen LogP contribution >= 0.6 is 0 Å². The molecule has 0 aromatic carbocycles. The van der Waals surface area contributed by atoms with Gasteiger partial charge in [-0.15, -0.1) is 4.99 Å². The monoisotopic (exact) mass is 300 g/mol. The second-order valence-corrected chi connectivity index (χ2v) is 6.39. The van der Waals surface area contributed by atoms with Gasteiger partial charge in [-0.05, 0) is 48.0 Å². The molecule has 2 amide bonds. The van der Waals surface area contributed by atoms with E-state index < -0.39 is 23.4 Å². The molecule has 0 unspecified atom stereocenters. The number of guanidine groups is 1. The molecule has 21 heavy (non-hydrogen) atoms. The third-order valence-electron chi connectivity index (χ3n) is 1.80. The van der Waals surface area contributed by atoms with Crippen molar-refractivity contribution < 1.29 is 19.1 Å². The summed E-state index contributed by atoms with van der Waals surface area (Å²) < 4.78 is 10.2. The van der Waals surface area contributed by atoms with Gasteiger partial charge in [0.1, 0.15) is 11.2 Å². The summed E-state index contributed by atoms with van der Waals surface area (Å²) in [7, 11) is 0. The van der Waals surface area contributed by atoms with Crippen LogP contribution in [-0.2, 0) is 9.47 Å². The van der Waals surface area contributed by atoms with Gasteiger partial charge >= 0.3 is 12.2 Å². The standard InChI is InChI=1S/C14H26N3O4/c1-8-9-17(12(19)21-14(5,6)7)10(15)16-11(18)20-13(2,3)4/h9H,8H2,1-7H3,(H2,15,16,18). The normalized spacial score (nSPS) is 12.8. The minimum atomic E-state index is -0.863. The van der Waals surface area contributed by atoms with Crippen LogP contribution < -0.4 is 5.73 Å². The molecule has 0 aliphatic heterocycles. The first-order chi connectivity index (χ1) is 9.35. The highest BCUT2D eigenvalue weighted by Crippen LogP contribution is 2.12. The van der Waals surface area contributed by atoms with E-state index in [1.54, 1.807) is 41.5 Å². The highest BCUT2D eigenvalue weighted by atomic mass is 16.6. The van der Waals surface area contributed by atoms with E-state index in [1.807, 2.05) is 6.92 Å². The Bertz CT molecular complexity index is 405. The number of carbonyl (C=O) groups is 2. The van der Waals surface area contributed by atoms with Gasteiger partial charge in [-0.25, -0.2) is 14.5 Å². The molecule has 2 N–H and O–H groups in total. The second-order valence-electron chi connectivity index (χ2n) is 6.39. The summed E-state index contributed by atoms with van der Waals surface area (Å²) in [4.78, 5) is 28.2. The molecule has 0 aromatic rings. The van der Waals surface area contributed by atoms with Crippen LogP contribution in [0.5, 0.6) is 0 Å². The van der Waals surface area contributed by atoms with Crippen LogP contribution in [0.15, 0.2) is 4.99 Å². The maximum absolute atomic E-state index is 12.0. The van der Waals surface area contributed by atoms with Crippen LogP contribution in [-0.4, -0.2) is 34.2 Å². The van der Waals surface area contributed by atoms with Crippen molar-refractivity contribution in [3.63, 3.8) is 0 Å². The fraction of sp³-hybridized carbons (Fsp3) is 0.714. The molecule has 0 saturated heterocycles. The number of hydrogen-bond acceptors (Lipinski definition) is 4. The maximum Gasteiger partial charge on any atom is 0.437 e. The van der Waals surface area contributed by atoms with Crippen molar-refractivity contribution in [3.8, 4) is 0 Å². The molecule has 0 atom stereocenters. The van der Waals surface area contributed by atoms with E-state index in [0.717, 1.165) is 4.90 Å². The Morgan fingerprint density at radius 3 is 1.95 bits per heavy atom. The predicted molar refractivity (Wildman–Crippen MR) is 80.5 cm³/mol. The maximum atomic E-state index is 12.0. The molecule has 1 radical (unpaired) electrons. The third-order valence-corrected chi connectivity index (χ3v) is 1.80. The number of nitrogens with zero attached hydrogens (tertiary/aromatic N) is 2. The summed E-state index contributed by atoms with van der Waals surface area (Å²) in [6.07, 6.45) is -1.05. The van der Waals surface area contributed by atoms with E-state index in [9.17, 15) is 9.59 Å². The number of aliphatic imine (C=N–C) groups is 1.